The van der Waals surface area contributed by atoms with Gasteiger partial charge in [-0.1, -0.05) is 30.3 Å². The third-order valence-electron chi connectivity index (χ3n) is 7.70. The molecule has 15 nitrogen and oxygen atoms in total. The highest BCUT2D eigenvalue weighted by atomic mass is 16.7. The average Bonchev–Trinajstić information content (AvgIpc) is 2.99. The Bertz CT molecular complexity index is 1240. The Morgan fingerprint density at radius 2 is 1.00 bits per heavy atom. The highest BCUT2D eigenvalue weighted by Gasteiger charge is 2.56. The molecule has 0 bridgehead atoms. The van der Waals surface area contributed by atoms with Gasteiger partial charge in [0.2, 0.25) is 0 Å². The molecule has 3 N–H and O–H groups in total. The Balaban J connectivity index is 1.59. The van der Waals surface area contributed by atoms with Gasteiger partial charge in [0.1, 0.15) is 6.61 Å². The van der Waals surface area contributed by atoms with Crippen LogP contribution in [0.3, 0.4) is 0 Å². The lowest BCUT2D eigenvalue weighted by atomic mass is 9.91. The number of carbonyl (C=O) groups is 4. The van der Waals surface area contributed by atoms with Crippen molar-refractivity contribution in [2.45, 2.75) is 82.1 Å². The summed E-state index contributed by atoms with van der Waals surface area (Å²) >= 11 is 0. The number of rotatable bonds is 8. The fourth-order valence-corrected chi connectivity index (χ4v) is 4.62. The quantitative estimate of drug-likeness (QED) is 0.344. The van der Waals surface area contributed by atoms with E-state index in [0.29, 0.717) is 0 Å². The van der Waals surface area contributed by atoms with E-state index >= 15 is 0 Å². The summed E-state index contributed by atoms with van der Waals surface area (Å²) in [5.74, 6) is -5.67. The first kappa shape index (κ1) is 34.5. The summed E-state index contributed by atoms with van der Waals surface area (Å²) in [4.78, 5) is 54.2. The molecule has 3 heterocycles. The molecule has 0 aromatic heterocycles. The van der Waals surface area contributed by atoms with Crippen molar-refractivity contribution in [3.8, 4) is 0 Å². The monoisotopic (exact) mass is 637 g/mol. The number of methoxy groups -OCH3 is 1. The van der Waals surface area contributed by atoms with E-state index < -0.39 is 57.9 Å². The summed E-state index contributed by atoms with van der Waals surface area (Å²) in [6, 6.07) is 8.99. The second kappa shape index (κ2) is 12.8. The number of nitrogens with one attached hydrogen (secondary N) is 3. The number of hydrogen-bond donors (Lipinski definition) is 3. The molecule has 3 amide bonds. The highest BCUT2D eigenvalue weighted by Crippen LogP contribution is 2.30. The van der Waals surface area contributed by atoms with Crippen molar-refractivity contribution in [1.29, 1.82) is 0 Å². The molecule has 3 fully saturated rings. The molecular formula is C30H43N3O12. The van der Waals surface area contributed by atoms with Gasteiger partial charge in [0, 0.05) is 0 Å². The van der Waals surface area contributed by atoms with Gasteiger partial charge in [0.15, 0.2) is 34.0 Å². The molecule has 3 aliphatic rings. The molecule has 45 heavy (non-hydrogen) atoms. The van der Waals surface area contributed by atoms with Gasteiger partial charge in [-0.25, -0.2) is 9.59 Å². The largest absolute Gasteiger partial charge is 0.467 e. The van der Waals surface area contributed by atoms with Gasteiger partial charge in [-0.15, -0.1) is 0 Å². The smallest absolute Gasteiger partial charge is 0.408 e. The van der Waals surface area contributed by atoms with Crippen LogP contribution in [-0.4, -0.2) is 105 Å². The third kappa shape index (κ3) is 8.09. The maximum atomic E-state index is 14.2. The number of ether oxygens (including phenoxy) is 8. The zero-order chi connectivity index (χ0) is 33.2. The van der Waals surface area contributed by atoms with E-state index in [1.54, 1.807) is 65.8 Å². The summed E-state index contributed by atoms with van der Waals surface area (Å²) in [5, 5.41) is 7.94. The Morgan fingerprint density at radius 3 is 1.42 bits per heavy atom. The minimum atomic E-state index is -1.89. The van der Waals surface area contributed by atoms with Crippen LogP contribution in [0.5, 0.6) is 0 Å². The first-order chi connectivity index (χ1) is 21.0. The summed E-state index contributed by atoms with van der Waals surface area (Å²) in [6.45, 7) is 7.98. The average molecular weight is 638 g/mol. The van der Waals surface area contributed by atoms with Crippen molar-refractivity contribution in [3.05, 3.63) is 35.9 Å². The van der Waals surface area contributed by atoms with E-state index in [1.165, 1.54) is 7.11 Å². The Labute approximate surface area is 261 Å². The van der Waals surface area contributed by atoms with Crippen LogP contribution in [0, 0.1) is 0 Å². The zero-order valence-corrected chi connectivity index (χ0v) is 26.7. The van der Waals surface area contributed by atoms with Crippen LogP contribution in [0.15, 0.2) is 30.3 Å². The van der Waals surface area contributed by atoms with Gasteiger partial charge in [-0.2, -0.15) is 0 Å². The predicted octanol–water partition coefficient (Wildman–Crippen LogP) is 0.883. The minimum absolute atomic E-state index is 0.0583. The maximum absolute atomic E-state index is 14.2. The Morgan fingerprint density at radius 1 is 0.622 bits per heavy atom. The van der Waals surface area contributed by atoms with Crippen LogP contribution in [0.2, 0.25) is 0 Å². The number of esters is 1. The lowest BCUT2D eigenvalue weighted by molar-refractivity contribution is -0.278. The van der Waals surface area contributed by atoms with Crippen LogP contribution in [0.25, 0.3) is 0 Å². The van der Waals surface area contributed by atoms with Gasteiger partial charge in [0.05, 0.1) is 46.8 Å². The number of benzene rings is 1. The number of carbonyl (C=O) groups excluding carboxylic acids is 4. The van der Waals surface area contributed by atoms with Gasteiger partial charge < -0.3 is 53.8 Å². The highest BCUT2D eigenvalue weighted by molar-refractivity contribution is 5.99. The van der Waals surface area contributed by atoms with Gasteiger partial charge in [-0.3, -0.25) is 9.59 Å². The molecule has 0 saturated carbocycles. The Hall–Kier alpha value is -3.34. The second-order valence-electron chi connectivity index (χ2n) is 12.8. The molecule has 0 atom stereocenters. The normalized spacial score (nSPS) is 23.9. The van der Waals surface area contributed by atoms with Crippen molar-refractivity contribution in [2.75, 3.05) is 46.8 Å². The maximum Gasteiger partial charge on any atom is 0.408 e. The molecule has 1 aromatic rings. The molecule has 15 heteroatoms. The summed E-state index contributed by atoms with van der Waals surface area (Å²) in [5.41, 5.74) is -4.73. The summed E-state index contributed by atoms with van der Waals surface area (Å²) in [6.07, 6.45) is -0.916. The lowest BCUT2D eigenvalue weighted by Crippen LogP contribution is -2.77. The third-order valence-corrected chi connectivity index (χ3v) is 7.70. The SMILES string of the molecule is COC(=O)C1(NC(=O)C2(NC(=O)C3(NC(=O)OCc4ccccc4)COC(C)(C)OC3)COC(C)(C)OC2)COC(C)(C)OC1. The van der Waals surface area contributed by atoms with Gasteiger partial charge in [0.25, 0.3) is 11.8 Å². The summed E-state index contributed by atoms with van der Waals surface area (Å²) in [7, 11) is 1.17. The van der Waals surface area contributed by atoms with Crippen molar-refractivity contribution in [2.24, 2.45) is 0 Å². The predicted molar refractivity (Wildman–Crippen MR) is 154 cm³/mol. The first-order valence-corrected chi connectivity index (χ1v) is 14.5. The topological polar surface area (TPSA) is 178 Å². The van der Waals surface area contributed by atoms with Gasteiger partial charge in [-0.05, 0) is 47.1 Å². The first-order valence-electron chi connectivity index (χ1n) is 14.5. The van der Waals surface area contributed by atoms with E-state index in [0.717, 1.165) is 5.56 Å². The molecule has 3 saturated heterocycles. The van der Waals surface area contributed by atoms with Crippen molar-refractivity contribution < 1.29 is 57.1 Å². The number of amides is 3. The molecule has 1 aromatic carbocycles. The Kier molecular flexibility index (Phi) is 9.83. The fourth-order valence-electron chi connectivity index (χ4n) is 4.62. The second-order valence-corrected chi connectivity index (χ2v) is 12.8. The van der Waals surface area contributed by atoms with Crippen LogP contribution in [0.1, 0.15) is 47.1 Å². The van der Waals surface area contributed by atoms with Gasteiger partial charge >= 0.3 is 12.1 Å². The standard InChI is InChI=1S/C30H43N3O12/c1-25(2)40-14-28(15-41-25,21(34)32-30(23(36)38-7)18-44-27(5,6)45-19-30)31-22(35)29(16-42-26(3,4)43-17-29)33-24(37)39-13-20-11-9-8-10-12-20/h8-12H,13-19H2,1-7H3,(H,31,35)(H,32,34)(H,33,37). The molecule has 0 radical (unpaired) electrons. The molecular weight excluding hydrogens is 594 g/mol. The molecule has 3 aliphatic heterocycles. The van der Waals surface area contributed by atoms with Crippen LogP contribution < -0.4 is 16.0 Å². The molecule has 0 spiro atoms. The number of hydrogen-bond acceptors (Lipinski definition) is 12. The minimum Gasteiger partial charge on any atom is -0.467 e. The van der Waals surface area contributed by atoms with Crippen molar-refractivity contribution in [3.63, 3.8) is 0 Å². The molecule has 0 unspecified atom stereocenters. The fraction of sp³-hybridized carbons (Fsp3) is 0.667. The van der Waals surface area contributed by atoms with E-state index in [1.807, 2.05) is 6.07 Å². The molecule has 0 aliphatic carbocycles. The van der Waals surface area contributed by atoms with E-state index in [2.05, 4.69) is 16.0 Å². The van der Waals surface area contributed by atoms with Crippen LogP contribution >= 0.6 is 0 Å². The summed E-state index contributed by atoms with van der Waals surface area (Å²) < 4.78 is 44.9. The zero-order valence-electron chi connectivity index (χ0n) is 26.7. The number of alkyl carbamates (subject to hydrolysis) is 1. The van der Waals surface area contributed by atoms with Crippen LogP contribution in [-0.2, 0) is 58.9 Å². The van der Waals surface area contributed by atoms with Crippen molar-refractivity contribution in [1.82, 2.24) is 16.0 Å². The lowest BCUT2D eigenvalue weighted by Gasteiger charge is -2.48. The van der Waals surface area contributed by atoms with Crippen LogP contribution in [0.4, 0.5) is 4.79 Å². The molecule has 4 rings (SSSR count). The van der Waals surface area contributed by atoms with E-state index in [-0.39, 0.29) is 46.2 Å². The molecule has 250 valence electrons. The van der Waals surface area contributed by atoms with E-state index in [9.17, 15) is 19.2 Å². The van der Waals surface area contributed by atoms with Crippen molar-refractivity contribution >= 4 is 23.9 Å². The van der Waals surface area contributed by atoms with E-state index in [4.69, 9.17) is 37.9 Å².